The van der Waals surface area contributed by atoms with E-state index < -0.39 is 0 Å². The molecule has 8 heteroatoms. The van der Waals surface area contributed by atoms with E-state index in [0.717, 1.165) is 0 Å². The zero-order valence-electron chi connectivity index (χ0n) is 15.7. The number of ether oxygens (including phenoxy) is 1. The maximum atomic E-state index is 13.2. The number of benzene rings is 2. The van der Waals surface area contributed by atoms with Gasteiger partial charge in [0.1, 0.15) is 5.75 Å². The van der Waals surface area contributed by atoms with Crippen molar-refractivity contribution in [3.63, 3.8) is 0 Å². The van der Waals surface area contributed by atoms with Crippen LogP contribution in [0.1, 0.15) is 13.8 Å². The maximum Gasteiger partial charge on any atom is 0.266 e. The van der Waals surface area contributed by atoms with Crippen molar-refractivity contribution in [1.82, 2.24) is 14.9 Å². The Bertz CT molecular complexity index is 1080. The van der Waals surface area contributed by atoms with Crippen molar-refractivity contribution in [3.8, 4) is 11.4 Å². The second kappa shape index (κ2) is 8.67. The molecule has 0 bridgehead atoms. The molecule has 0 radical (unpaired) electrons. The maximum absolute atomic E-state index is 13.2. The number of carbonyl (C=O) groups is 1. The fourth-order valence-electron chi connectivity index (χ4n) is 2.72. The van der Waals surface area contributed by atoms with Crippen LogP contribution in [-0.2, 0) is 4.79 Å². The number of rotatable bonds is 6. The number of methoxy groups -OCH3 is 1. The zero-order valence-corrected chi connectivity index (χ0v) is 17.3. The molecular weight excluding hydrogens is 398 g/mol. The Hall–Kier alpha value is -2.51. The summed E-state index contributed by atoms with van der Waals surface area (Å²) in [5, 5.41) is 4.13. The molecule has 0 saturated carbocycles. The molecule has 1 N–H and O–H groups in total. The van der Waals surface area contributed by atoms with E-state index in [9.17, 15) is 9.59 Å². The molecule has 1 heterocycles. The highest BCUT2D eigenvalue weighted by Gasteiger charge is 2.16. The van der Waals surface area contributed by atoms with Gasteiger partial charge in [0.05, 0.1) is 34.5 Å². The molecule has 0 saturated heterocycles. The average Bonchev–Trinajstić information content (AvgIpc) is 2.66. The Kier molecular flexibility index (Phi) is 6.26. The fraction of sp³-hybridized carbons (Fsp3) is 0.250. The van der Waals surface area contributed by atoms with E-state index in [1.54, 1.807) is 36.4 Å². The molecule has 1 amide bonds. The van der Waals surface area contributed by atoms with Crippen molar-refractivity contribution in [2.24, 2.45) is 0 Å². The normalized spacial score (nSPS) is 11.0. The third-order valence-electron chi connectivity index (χ3n) is 3.92. The van der Waals surface area contributed by atoms with Crippen LogP contribution in [0, 0.1) is 0 Å². The predicted molar refractivity (Wildman–Crippen MR) is 113 cm³/mol. The lowest BCUT2D eigenvalue weighted by molar-refractivity contribution is -0.119. The summed E-state index contributed by atoms with van der Waals surface area (Å²) in [5.74, 6) is 0.534. The van der Waals surface area contributed by atoms with E-state index in [-0.39, 0.29) is 23.3 Å². The van der Waals surface area contributed by atoms with E-state index >= 15 is 0 Å². The molecule has 146 valence electrons. The quantitative estimate of drug-likeness (QED) is 0.489. The fourth-order valence-corrected chi connectivity index (χ4v) is 3.80. The summed E-state index contributed by atoms with van der Waals surface area (Å²) in [7, 11) is 1.53. The topological polar surface area (TPSA) is 73.2 Å². The van der Waals surface area contributed by atoms with E-state index in [4.69, 9.17) is 16.3 Å². The molecule has 0 spiro atoms. The van der Waals surface area contributed by atoms with Gasteiger partial charge in [0.25, 0.3) is 5.56 Å². The van der Waals surface area contributed by atoms with Gasteiger partial charge in [-0.1, -0.05) is 35.5 Å². The predicted octanol–water partition coefficient (Wildman–Crippen LogP) is 3.66. The van der Waals surface area contributed by atoms with Crippen LogP contribution in [-0.4, -0.2) is 34.4 Å². The molecule has 0 unspecified atom stereocenters. The molecule has 1 aromatic heterocycles. The molecular formula is C20H20ClN3O3S. The van der Waals surface area contributed by atoms with Gasteiger partial charge in [0.2, 0.25) is 5.91 Å². The molecule has 0 aliphatic carbocycles. The number of thioether (sulfide) groups is 1. The molecule has 0 aliphatic rings. The number of fused-ring (bicyclic) bond motifs is 1. The number of nitrogens with zero attached hydrogens (tertiary/aromatic N) is 2. The number of aromatic nitrogens is 2. The Labute approximate surface area is 171 Å². The zero-order chi connectivity index (χ0) is 20.3. The summed E-state index contributed by atoms with van der Waals surface area (Å²) in [4.78, 5) is 29.9. The van der Waals surface area contributed by atoms with Gasteiger partial charge in [0.15, 0.2) is 5.16 Å². The van der Waals surface area contributed by atoms with Crippen molar-refractivity contribution in [2.75, 3.05) is 12.9 Å². The molecule has 2 aromatic carbocycles. The highest BCUT2D eigenvalue weighted by atomic mass is 35.5. The van der Waals surface area contributed by atoms with Crippen molar-refractivity contribution in [3.05, 3.63) is 57.8 Å². The van der Waals surface area contributed by atoms with Crippen LogP contribution in [0.25, 0.3) is 16.6 Å². The third-order valence-corrected chi connectivity index (χ3v) is 5.15. The first kappa shape index (κ1) is 20.2. The summed E-state index contributed by atoms with van der Waals surface area (Å²) >= 11 is 7.46. The van der Waals surface area contributed by atoms with Crippen LogP contribution in [0.15, 0.2) is 52.4 Å². The number of halogens is 1. The summed E-state index contributed by atoms with van der Waals surface area (Å²) < 4.78 is 6.66. The Morgan fingerprint density at radius 2 is 2.04 bits per heavy atom. The first-order chi connectivity index (χ1) is 13.4. The van der Waals surface area contributed by atoms with Crippen molar-refractivity contribution >= 4 is 40.2 Å². The van der Waals surface area contributed by atoms with Gasteiger partial charge in [0, 0.05) is 6.04 Å². The van der Waals surface area contributed by atoms with Crippen LogP contribution in [0.3, 0.4) is 0 Å². The first-order valence-electron chi connectivity index (χ1n) is 8.68. The van der Waals surface area contributed by atoms with Crippen LogP contribution in [0.5, 0.6) is 5.75 Å². The molecule has 0 atom stereocenters. The number of nitrogens with one attached hydrogen (secondary N) is 1. The molecule has 0 fully saturated rings. The number of carbonyl (C=O) groups excluding carboxylic acids is 1. The van der Waals surface area contributed by atoms with Crippen LogP contribution < -0.4 is 15.6 Å². The van der Waals surface area contributed by atoms with Crippen molar-refractivity contribution < 1.29 is 9.53 Å². The largest absolute Gasteiger partial charge is 0.495 e. The second-order valence-electron chi connectivity index (χ2n) is 6.38. The average molecular weight is 418 g/mol. The van der Waals surface area contributed by atoms with Crippen molar-refractivity contribution in [2.45, 2.75) is 25.0 Å². The minimum absolute atomic E-state index is 0.0419. The Morgan fingerprint density at radius 3 is 2.71 bits per heavy atom. The van der Waals surface area contributed by atoms with Crippen molar-refractivity contribution in [1.29, 1.82) is 0 Å². The highest BCUT2D eigenvalue weighted by molar-refractivity contribution is 7.99. The number of hydrogen-bond donors (Lipinski definition) is 1. The van der Waals surface area contributed by atoms with Crippen LogP contribution in [0.4, 0.5) is 0 Å². The highest BCUT2D eigenvalue weighted by Crippen LogP contribution is 2.28. The summed E-state index contributed by atoms with van der Waals surface area (Å²) in [6.45, 7) is 3.79. The van der Waals surface area contributed by atoms with Crippen LogP contribution >= 0.6 is 23.4 Å². The molecule has 0 aliphatic heterocycles. The van der Waals surface area contributed by atoms with Gasteiger partial charge in [-0.2, -0.15) is 0 Å². The lowest BCUT2D eigenvalue weighted by Crippen LogP contribution is -2.32. The molecule has 28 heavy (non-hydrogen) atoms. The first-order valence-corrected chi connectivity index (χ1v) is 10.0. The Balaban J connectivity index is 2.10. The van der Waals surface area contributed by atoms with E-state index in [1.807, 2.05) is 19.9 Å². The molecule has 3 rings (SSSR count). The Morgan fingerprint density at radius 1 is 1.29 bits per heavy atom. The summed E-state index contributed by atoms with van der Waals surface area (Å²) in [6.07, 6.45) is 0. The molecule has 6 nitrogen and oxygen atoms in total. The van der Waals surface area contributed by atoms with Gasteiger partial charge in [-0.3, -0.25) is 14.2 Å². The summed E-state index contributed by atoms with van der Waals surface area (Å²) in [5.41, 5.74) is 0.912. The van der Waals surface area contributed by atoms with E-state index in [0.29, 0.717) is 32.5 Å². The van der Waals surface area contributed by atoms with Crippen LogP contribution in [0.2, 0.25) is 5.02 Å². The lowest BCUT2D eigenvalue weighted by atomic mass is 10.2. The standard InChI is InChI=1S/C20H20ClN3O3S/c1-12(2)22-18(25)11-28-20-23-16-7-5-4-6-14(16)19(26)24(20)13-8-9-17(27-3)15(21)10-13/h4-10,12H,11H2,1-3H3,(H,22,25). The minimum atomic E-state index is -0.224. The van der Waals surface area contributed by atoms with Gasteiger partial charge < -0.3 is 10.1 Å². The summed E-state index contributed by atoms with van der Waals surface area (Å²) in [6, 6.07) is 12.2. The minimum Gasteiger partial charge on any atom is -0.495 e. The molecule has 3 aromatic rings. The van der Waals surface area contributed by atoms with Gasteiger partial charge in [-0.05, 0) is 44.2 Å². The van der Waals surface area contributed by atoms with E-state index in [1.165, 1.54) is 23.4 Å². The number of amides is 1. The van der Waals surface area contributed by atoms with Gasteiger partial charge in [-0.25, -0.2) is 4.98 Å². The number of hydrogen-bond acceptors (Lipinski definition) is 5. The third kappa shape index (κ3) is 4.31. The van der Waals surface area contributed by atoms with Gasteiger partial charge in [-0.15, -0.1) is 0 Å². The lowest BCUT2D eigenvalue weighted by Gasteiger charge is -2.14. The van der Waals surface area contributed by atoms with Gasteiger partial charge >= 0.3 is 0 Å². The number of para-hydroxylation sites is 1. The monoisotopic (exact) mass is 417 g/mol. The van der Waals surface area contributed by atoms with E-state index in [2.05, 4.69) is 10.3 Å². The SMILES string of the molecule is COc1ccc(-n2c(SCC(=O)NC(C)C)nc3ccccc3c2=O)cc1Cl. The smallest absolute Gasteiger partial charge is 0.266 e. The second-order valence-corrected chi connectivity index (χ2v) is 7.73.